The van der Waals surface area contributed by atoms with Gasteiger partial charge in [-0.25, -0.2) is 9.97 Å². The number of benzene rings is 2. The Balaban J connectivity index is 1.64. The smallest absolute Gasteiger partial charge is 0.256 e. The molecule has 1 aromatic heterocycles. The molecular weight excluding hydrogens is 426 g/mol. The lowest BCUT2D eigenvalue weighted by molar-refractivity contribution is 0.0917. The third-order valence-electron chi connectivity index (χ3n) is 5.52. The van der Waals surface area contributed by atoms with Crippen molar-refractivity contribution in [1.82, 2.24) is 20.2 Å². The van der Waals surface area contributed by atoms with Gasteiger partial charge in [0, 0.05) is 34.6 Å². The Morgan fingerprint density at radius 1 is 1.16 bits per heavy atom. The lowest BCUT2D eigenvalue weighted by Gasteiger charge is -2.29. The van der Waals surface area contributed by atoms with Crippen LogP contribution in [0.5, 0.6) is 5.75 Å². The Hall–Kier alpha value is -3.16. The van der Waals surface area contributed by atoms with Gasteiger partial charge in [0.15, 0.2) is 5.82 Å². The fourth-order valence-electron chi connectivity index (χ4n) is 3.63. The van der Waals surface area contributed by atoms with Crippen molar-refractivity contribution < 1.29 is 9.53 Å². The number of likely N-dealkylation sites (tertiary alicyclic amines) is 1. The van der Waals surface area contributed by atoms with Crippen molar-refractivity contribution in [3.8, 4) is 17.1 Å². The lowest BCUT2D eigenvalue weighted by atomic mass is 10.1. The second kappa shape index (κ2) is 9.97. The number of piperidine rings is 1. The quantitative estimate of drug-likeness (QED) is 0.579. The van der Waals surface area contributed by atoms with Gasteiger partial charge in [-0.1, -0.05) is 17.7 Å². The van der Waals surface area contributed by atoms with Gasteiger partial charge in [0.25, 0.3) is 5.91 Å². The van der Waals surface area contributed by atoms with Crippen LogP contribution in [-0.4, -0.2) is 54.1 Å². The Labute approximate surface area is 192 Å². The third-order valence-corrected chi connectivity index (χ3v) is 5.77. The van der Waals surface area contributed by atoms with E-state index >= 15 is 0 Å². The topological polar surface area (TPSA) is 79.4 Å². The maximum atomic E-state index is 13.1. The molecule has 2 N–H and O–H groups in total. The summed E-state index contributed by atoms with van der Waals surface area (Å²) in [5, 5.41) is 7.05. The van der Waals surface area contributed by atoms with Crippen LogP contribution in [0.15, 0.2) is 54.7 Å². The fraction of sp³-hybridized carbons (Fsp3) is 0.292. The predicted octanol–water partition coefficient (Wildman–Crippen LogP) is 4.37. The fourth-order valence-corrected chi connectivity index (χ4v) is 3.76. The maximum absolute atomic E-state index is 13.1. The van der Waals surface area contributed by atoms with Crippen LogP contribution in [-0.2, 0) is 0 Å². The van der Waals surface area contributed by atoms with E-state index in [4.69, 9.17) is 16.3 Å². The van der Waals surface area contributed by atoms with Gasteiger partial charge in [-0.2, -0.15) is 0 Å². The molecule has 0 aliphatic carbocycles. The highest BCUT2D eigenvalue weighted by molar-refractivity contribution is 6.30. The highest BCUT2D eigenvalue weighted by Gasteiger charge is 2.22. The first kappa shape index (κ1) is 22.0. The minimum Gasteiger partial charge on any atom is -0.497 e. The average molecular weight is 452 g/mol. The Morgan fingerprint density at radius 3 is 2.62 bits per heavy atom. The van der Waals surface area contributed by atoms with Gasteiger partial charge in [-0.15, -0.1) is 0 Å². The van der Waals surface area contributed by atoms with Gasteiger partial charge < -0.3 is 20.3 Å². The lowest BCUT2D eigenvalue weighted by Crippen LogP contribution is -2.43. The Kier molecular flexibility index (Phi) is 6.87. The van der Waals surface area contributed by atoms with Gasteiger partial charge in [0.2, 0.25) is 0 Å². The highest BCUT2D eigenvalue weighted by Crippen LogP contribution is 2.26. The first-order valence-electron chi connectivity index (χ1n) is 10.6. The van der Waals surface area contributed by atoms with Crippen molar-refractivity contribution in [2.24, 2.45) is 0 Å². The molecule has 1 amide bonds. The zero-order valence-corrected chi connectivity index (χ0v) is 18.9. The summed E-state index contributed by atoms with van der Waals surface area (Å²) in [5.74, 6) is 1.46. The molecule has 32 heavy (non-hydrogen) atoms. The SMILES string of the molecule is COc1cccc(Nc2nc(-c3ccc(Cl)cc3)ncc2C(=O)NC2CCN(C)CC2)c1. The number of hydrogen-bond acceptors (Lipinski definition) is 6. The number of anilines is 2. The molecule has 0 radical (unpaired) electrons. The summed E-state index contributed by atoms with van der Waals surface area (Å²) in [7, 11) is 3.71. The Morgan fingerprint density at radius 2 is 1.91 bits per heavy atom. The number of amides is 1. The van der Waals surface area contributed by atoms with E-state index in [1.807, 2.05) is 36.4 Å². The van der Waals surface area contributed by atoms with Crippen LogP contribution in [0, 0.1) is 0 Å². The summed E-state index contributed by atoms with van der Waals surface area (Å²) in [6, 6.07) is 14.9. The van der Waals surface area contributed by atoms with E-state index in [0.717, 1.165) is 37.2 Å². The van der Waals surface area contributed by atoms with Crippen LogP contribution in [0.1, 0.15) is 23.2 Å². The molecule has 0 spiro atoms. The van der Waals surface area contributed by atoms with Crippen LogP contribution in [0.2, 0.25) is 5.02 Å². The summed E-state index contributed by atoms with van der Waals surface area (Å²) >= 11 is 6.01. The number of nitrogens with one attached hydrogen (secondary N) is 2. The van der Waals surface area contributed by atoms with Crippen LogP contribution in [0.3, 0.4) is 0 Å². The molecule has 2 aromatic carbocycles. The van der Waals surface area contributed by atoms with E-state index in [1.54, 1.807) is 25.4 Å². The largest absolute Gasteiger partial charge is 0.497 e. The number of hydrogen-bond donors (Lipinski definition) is 2. The molecule has 3 aromatic rings. The molecule has 0 unspecified atom stereocenters. The zero-order chi connectivity index (χ0) is 22.5. The molecule has 7 nitrogen and oxygen atoms in total. The predicted molar refractivity (Wildman–Crippen MR) is 127 cm³/mol. The normalized spacial score (nSPS) is 14.7. The number of nitrogens with zero attached hydrogens (tertiary/aromatic N) is 3. The van der Waals surface area contributed by atoms with Gasteiger partial charge in [-0.3, -0.25) is 4.79 Å². The van der Waals surface area contributed by atoms with Crippen LogP contribution in [0.25, 0.3) is 11.4 Å². The summed E-state index contributed by atoms with van der Waals surface area (Å²) in [5.41, 5.74) is 1.97. The summed E-state index contributed by atoms with van der Waals surface area (Å²) in [4.78, 5) is 24.5. The number of ether oxygens (including phenoxy) is 1. The number of carbonyl (C=O) groups is 1. The third kappa shape index (κ3) is 5.36. The number of aromatic nitrogens is 2. The number of halogens is 1. The van der Waals surface area contributed by atoms with Crippen molar-refractivity contribution in [3.05, 3.63) is 65.3 Å². The first-order valence-corrected chi connectivity index (χ1v) is 10.9. The van der Waals surface area contributed by atoms with E-state index in [1.165, 1.54) is 0 Å². The highest BCUT2D eigenvalue weighted by atomic mass is 35.5. The van der Waals surface area contributed by atoms with E-state index in [9.17, 15) is 4.79 Å². The van der Waals surface area contributed by atoms with Crippen molar-refractivity contribution >= 4 is 29.0 Å². The standard InChI is InChI=1S/C24H26ClN5O2/c1-30-12-10-18(11-13-30)28-24(31)21-15-26-22(16-6-8-17(25)9-7-16)29-23(21)27-19-4-3-5-20(14-19)32-2/h3-9,14-15,18H,10-13H2,1-2H3,(H,28,31)(H,26,27,29). The van der Waals surface area contributed by atoms with Gasteiger partial charge in [0.1, 0.15) is 17.1 Å². The summed E-state index contributed by atoms with van der Waals surface area (Å²) in [6.07, 6.45) is 3.42. The van der Waals surface area contributed by atoms with E-state index in [2.05, 4.69) is 32.5 Å². The molecule has 4 rings (SSSR count). The van der Waals surface area contributed by atoms with Crippen molar-refractivity contribution in [2.75, 3.05) is 32.6 Å². The van der Waals surface area contributed by atoms with E-state index in [0.29, 0.717) is 28.0 Å². The van der Waals surface area contributed by atoms with E-state index < -0.39 is 0 Å². The van der Waals surface area contributed by atoms with Crippen LogP contribution < -0.4 is 15.4 Å². The van der Waals surface area contributed by atoms with Crippen LogP contribution >= 0.6 is 11.6 Å². The average Bonchev–Trinajstić information content (AvgIpc) is 2.81. The number of methoxy groups -OCH3 is 1. The second-order valence-electron chi connectivity index (χ2n) is 7.87. The summed E-state index contributed by atoms with van der Waals surface area (Å²) < 4.78 is 5.32. The minimum absolute atomic E-state index is 0.138. The molecule has 1 aliphatic heterocycles. The Bertz CT molecular complexity index is 1080. The monoisotopic (exact) mass is 451 g/mol. The molecule has 2 heterocycles. The maximum Gasteiger partial charge on any atom is 0.256 e. The molecule has 8 heteroatoms. The molecule has 1 fully saturated rings. The minimum atomic E-state index is -0.187. The molecular formula is C24H26ClN5O2. The number of carbonyl (C=O) groups excluding carboxylic acids is 1. The van der Waals surface area contributed by atoms with Gasteiger partial charge in [-0.05, 0) is 69.4 Å². The first-order chi connectivity index (χ1) is 15.5. The molecule has 166 valence electrons. The zero-order valence-electron chi connectivity index (χ0n) is 18.1. The van der Waals surface area contributed by atoms with Gasteiger partial charge >= 0.3 is 0 Å². The molecule has 0 saturated carbocycles. The number of rotatable bonds is 6. The second-order valence-corrected chi connectivity index (χ2v) is 8.31. The van der Waals surface area contributed by atoms with Crippen molar-refractivity contribution in [3.63, 3.8) is 0 Å². The van der Waals surface area contributed by atoms with Gasteiger partial charge in [0.05, 0.1) is 7.11 Å². The molecule has 1 aliphatic rings. The van der Waals surface area contributed by atoms with Crippen molar-refractivity contribution in [2.45, 2.75) is 18.9 Å². The van der Waals surface area contributed by atoms with Crippen molar-refractivity contribution in [1.29, 1.82) is 0 Å². The van der Waals surface area contributed by atoms with Crippen LogP contribution in [0.4, 0.5) is 11.5 Å². The summed E-state index contributed by atoms with van der Waals surface area (Å²) in [6.45, 7) is 1.93. The molecule has 1 saturated heterocycles. The molecule has 0 atom stereocenters. The molecule has 0 bridgehead atoms. The van der Waals surface area contributed by atoms with E-state index in [-0.39, 0.29) is 11.9 Å².